The van der Waals surface area contributed by atoms with E-state index in [0.29, 0.717) is 30.0 Å². The molecule has 0 bridgehead atoms. The predicted octanol–water partition coefficient (Wildman–Crippen LogP) is 2.99. The number of aliphatic carboxylic acids is 1. The standard InChI is InChI=1S/C20H27N3O3S.C2HF3O2/c1-3-27(25,26)23-18-5-4-15(20(24)22-10-7-14(2)8-11-22)12-16(18)17-13-21-9-6-19(17)23;3-2(4,5)1(6)7/h4-5,12,14,21H,3,6-11,13H2,1-2H3;(H,6,7). The van der Waals surface area contributed by atoms with Crippen molar-refractivity contribution in [3.63, 3.8) is 0 Å². The molecule has 0 aliphatic carbocycles. The molecule has 2 aliphatic rings. The summed E-state index contributed by atoms with van der Waals surface area (Å²) in [6.45, 7) is 6.89. The Labute approximate surface area is 195 Å². The first-order chi connectivity index (χ1) is 15.9. The van der Waals surface area contributed by atoms with Gasteiger partial charge in [0, 0.05) is 49.2 Å². The number of fused-ring (bicyclic) bond motifs is 3. The average molecular weight is 504 g/mol. The number of amides is 1. The second-order valence-corrected chi connectivity index (χ2v) is 10.6. The molecule has 1 aromatic heterocycles. The number of hydrogen-bond acceptors (Lipinski definition) is 5. The van der Waals surface area contributed by atoms with Crippen LogP contribution in [-0.2, 0) is 27.8 Å². The molecule has 0 unspecified atom stereocenters. The number of benzene rings is 1. The lowest BCUT2D eigenvalue weighted by Gasteiger charge is -2.30. The van der Waals surface area contributed by atoms with Gasteiger partial charge < -0.3 is 15.3 Å². The van der Waals surface area contributed by atoms with E-state index < -0.39 is 22.2 Å². The van der Waals surface area contributed by atoms with Gasteiger partial charge in [0.05, 0.1) is 11.3 Å². The summed E-state index contributed by atoms with van der Waals surface area (Å²) >= 11 is 0. The van der Waals surface area contributed by atoms with Gasteiger partial charge in [-0.05, 0) is 49.4 Å². The quantitative estimate of drug-likeness (QED) is 0.667. The maximum atomic E-state index is 13.0. The Hall–Kier alpha value is -2.60. The summed E-state index contributed by atoms with van der Waals surface area (Å²) < 4.78 is 58.7. The van der Waals surface area contributed by atoms with Crippen molar-refractivity contribution in [1.82, 2.24) is 14.2 Å². The zero-order valence-corrected chi connectivity index (χ0v) is 19.8. The van der Waals surface area contributed by atoms with Crippen molar-refractivity contribution in [2.45, 2.75) is 45.8 Å². The van der Waals surface area contributed by atoms with Crippen LogP contribution in [0.4, 0.5) is 13.2 Å². The summed E-state index contributed by atoms with van der Waals surface area (Å²) in [4.78, 5) is 23.8. The third kappa shape index (κ3) is 5.38. The van der Waals surface area contributed by atoms with Crippen LogP contribution in [0.15, 0.2) is 18.2 Å². The van der Waals surface area contributed by atoms with Crippen molar-refractivity contribution in [1.29, 1.82) is 0 Å². The second kappa shape index (κ2) is 9.95. The Bertz CT molecular complexity index is 1180. The molecule has 34 heavy (non-hydrogen) atoms. The zero-order chi connectivity index (χ0) is 25.3. The van der Waals surface area contributed by atoms with Gasteiger partial charge in [0.1, 0.15) is 0 Å². The molecule has 1 amide bonds. The molecule has 1 aromatic carbocycles. The van der Waals surface area contributed by atoms with Crippen LogP contribution in [-0.4, -0.2) is 65.8 Å². The molecule has 8 nitrogen and oxygen atoms in total. The van der Waals surface area contributed by atoms with Crippen molar-refractivity contribution >= 4 is 32.8 Å². The normalized spacial score (nSPS) is 17.1. The molecule has 0 spiro atoms. The van der Waals surface area contributed by atoms with Gasteiger partial charge in [-0.3, -0.25) is 4.79 Å². The van der Waals surface area contributed by atoms with Crippen LogP contribution in [0.25, 0.3) is 10.9 Å². The Morgan fingerprint density at radius 2 is 1.82 bits per heavy atom. The molecule has 2 aliphatic heterocycles. The van der Waals surface area contributed by atoms with Gasteiger partial charge in [-0.25, -0.2) is 17.2 Å². The lowest BCUT2D eigenvalue weighted by molar-refractivity contribution is -0.192. The molecule has 4 rings (SSSR count). The minimum Gasteiger partial charge on any atom is -0.475 e. The van der Waals surface area contributed by atoms with Crippen LogP contribution in [0.3, 0.4) is 0 Å². The van der Waals surface area contributed by atoms with Crippen molar-refractivity contribution in [2.75, 3.05) is 25.4 Å². The third-order valence-corrected chi connectivity index (χ3v) is 7.88. The van der Waals surface area contributed by atoms with E-state index >= 15 is 0 Å². The van der Waals surface area contributed by atoms with Crippen molar-refractivity contribution in [3.05, 3.63) is 35.0 Å². The van der Waals surface area contributed by atoms with Gasteiger partial charge >= 0.3 is 12.1 Å². The second-order valence-electron chi connectivity index (χ2n) is 8.53. The van der Waals surface area contributed by atoms with Crippen molar-refractivity contribution in [3.8, 4) is 0 Å². The van der Waals surface area contributed by atoms with E-state index in [9.17, 15) is 26.4 Å². The van der Waals surface area contributed by atoms with E-state index in [4.69, 9.17) is 9.90 Å². The predicted molar refractivity (Wildman–Crippen MR) is 120 cm³/mol. The topological polar surface area (TPSA) is 109 Å². The molecule has 3 heterocycles. The van der Waals surface area contributed by atoms with Crippen LogP contribution in [0.5, 0.6) is 0 Å². The molecule has 12 heteroatoms. The van der Waals surface area contributed by atoms with Crippen molar-refractivity contribution < 1.29 is 36.3 Å². The molecule has 0 atom stereocenters. The fraction of sp³-hybridized carbons (Fsp3) is 0.545. The average Bonchev–Trinajstić information content (AvgIpc) is 3.13. The summed E-state index contributed by atoms with van der Waals surface area (Å²) in [5, 5.41) is 11.3. The van der Waals surface area contributed by atoms with Gasteiger partial charge in [0.2, 0.25) is 10.0 Å². The van der Waals surface area contributed by atoms with Gasteiger partial charge in [0.25, 0.3) is 5.91 Å². The van der Waals surface area contributed by atoms with Crippen LogP contribution in [0.1, 0.15) is 48.3 Å². The summed E-state index contributed by atoms with van der Waals surface area (Å²) in [6.07, 6.45) is -2.33. The van der Waals surface area contributed by atoms with E-state index in [2.05, 4.69) is 12.2 Å². The molecule has 0 radical (unpaired) electrons. The number of piperidine rings is 1. The van der Waals surface area contributed by atoms with Gasteiger partial charge in [-0.2, -0.15) is 13.2 Å². The molecule has 0 saturated carbocycles. The number of carbonyl (C=O) groups excluding carboxylic acids is 1. The van der Waals surface area contributed by atoms with E-state index in [0.717, 1.165) is 49.1 Å². The van der Waals surface area contributed by atoms with E-state index in [-0.39, 0.29) is 11.7 Å². The fourth-order valence-electron chi connectivity index (χ4n) is 4.22. The van der Waals surface area contributed by atoms with Crippen LogP contribution in [0.2, 0.25) is 0 Å². The number of halogens is 3. The van der Waals surface area contributed by atoms with Crippen LogP contribution in [0, 0.1) is 5.92 Å². The summed E-state index contributed by atoms with van der Waals surface area (Å²) in [7, 11) is -3.39. The Kier molecular flexibility index (Phi) is 7.61. The highest BCUT2D eigenvalue weighted by Gasteiger charge is 2.38. The summed E-state index contributed by atoms with van der Waals surface area (Å²) in [5.41, 5.74) is 3.21. The van der Waals surface area contributed by atoms with E-state index in [1.54, 1.807) is 19.1 Å². The summed E-state index contributed by atoms with van der Waals surface area (Å²) in [5.74, 6) is -1.98. The van der Waals surface area contributed by atoms with Crippen molar-refractivity contribution in [2.24, 2.45) is 5.92 Å². The first kappa shape index (κ1) is 26.0. The number of alkyl halides is 3. The van der Waals surface area contributed by atoms with Gasteiger partial charge in [-0.15, -0.1) is 0 Å². The number of likely N-dealkylation sites (tertiary alicyclic amines) is 1. The maximum absolute atomic E-state index is 13.0. The SMILES string of the molecule is CCS(=O)(=O)n1c2c(c3cc(C(=O)N4CCC(C)CC4)ccc31)CNCC2.O=C(O)C(F)(F)F. The first-order valence-electron chi connectivity index (χ1n) is 11.1. The number of nitrogens with zero attached hydrogens (tertiary/aromatic N) is 2. The number of carboxylic acid groups (broad SMARTS) is 1. The number of rotatable bonds is 3. The van der Waals surface area contributed by atoms with E-state index in [1.807, 2.05) is 11.0 Å². The highest BCUT2D eigenvalue weighted by molar-refractivity contribution is 7.90. The lowest BCUT2D eigenvalue weighted by Crippen LogP contribution is -2.37. The summed E-state index contributed by atoms with van der Waals surface area (Å²) in [6, 6.07) is 5.48. The maximum Gasteiger partial charge on any atom is 0.490 e. The number of carboxylic acids is 1. The smallest absolute Gasteiger partial charge is 0.475 e. The largest absolute Gasteiger partial charge is 0.490 e. The Morgan fingerprint density at radius 1 is 1.21 bits per heavy atom. The number of hydrogen-bond donors (Lipinski definition) is 2. The Balaban J connectivity index is 0.000000406. The molecule has 2 N–H and O–H groups in total. The van der Waals surface area contributed by atoms with E-state index in [1.165, 1.54) is 3.97 Å². The molecule has 188 valence electrons. The first-order valence-corrected chi connectivity index (χ1v) is 12.7. The van der Waals surface area contributed by atoms with Crippen LogP contribution >= 0.6 is 0 Å². The number of aromatic nitrogens is 1. The third-order valence-electron chi connectivity index (χ3n) is 6.18. The van der Waals surface area contributed by atoms with Gasteiger partial charge in [-0.1, -0.05) is 6.92 Å². The minimum absolute atomic E-state index is 0.0485. The molecular formula is C22H28F3N3O5S. The number of carbonyl (C=O) groups is 2. The van der Waals surface area contributed by atoms with Gasteiger partial charge in [0.15, 0.2) is 0 Å². The highest BCUT2D eigenvalue weighted by atomic mass is 32.2. The molecular weight excluding hydrogens is 475 g/mol. The monoisotopic (exact) mass is 503 g/mol. The minimum atomic E-state index is -5.08. The highest BCUT2D eigenvalue weighted by Crippen LogP contribution is 2.31. The van der Waals surface area contributed by atoms with Crippen LogP contribution < -0.4 is 5.32 Å². The fourth-order valence-corrected chi connectivity index (χ4v) is 5.48. The zero-order valence-electron chi connectivity index (χ0n) is 19.0. The Morgan fingerprint density at radius 3 is 2.38 bits per heavy atom. The molecule has 1 saturated heterocycles. The lowest BCUT2D eigenvalue weighted by atomic mass is 9.98. The molecule has 2 aromatic rings. The molecule has 1 fully saturated rings. The number of nitrogens with one attached hydrogen (secondary N) is 1.